The number of benzene rings is 3. The first-order valence-electron chi connectivity index (χ1n) is 13.3. The van der Waals surface area contributed by atoms with E-state index in [1.54, 1.807) is 6.07 Å². The molecule has 0 amide bonds. The van der Waals surface area contributed by atoms with Gasteiger partial charge in [0.1, 0.15) is 12.4 Å². The summed E-state index contributed by atoms with van der Waals surface area (Å²) in [5, 5.41) is 17.2. The Balaban J connectivity index is 0.00000294. The van der Waals surface area contributed by atoms with E-state index in [1.807, 2.05) is 43.3 Å². The van der Waals surface area contributed by atoms with E-state index in [1.165, 1.54) is 12.1 Å². The molecule has 0 aromatic heterocycles. The van der Waals surface area contributed by atoms with Gasteiger partial charge < -0.3 is 20.5 Å². The first-order chi connectivity index (χ1) is 18.7. The maximum Gasteiger partial charge on any atom is 0.416 e. The second-order valence-corrected chi connectivity index (χ2v) is 10.2. The van der Waals surface area contributed by atoms with Crippen LogP contribution < -0.4 is 15.4 Å². The molecule has 1 fully saturated rings. The number of phenolic OH excluding ortho intramolecular Hbond substituents is 1. The quantitative estimate of drug-likeness (QED) is 0.190. The molecule has 3 aromatic rings. The first-order valence-corrected chi connectivity index (χ1v) is 13.6. The van der Waals surface area contributed by atoms with Crippen molar-refractivity contribution in [2.45, 2.75) is 38.4 Å². The molecule has 2 atom stereocenters. The van der Waals surface area contributed by atoms with Crippen molar-refractivity contribution in [2.24, 2.45) is 0 Å². The number of aromatic hydroxyl groups is 1. The van der Waals surface area contributed by atoms with Crippen molar-refractivity contribution in [3.8, 4) is 11.5 Å². The third-order valence-electron chi connectivity index (χ3n) is 7.11. The lowest BCUT2D eigenvalue weighted by Crippen LogP contribution is -2.47. The highest BCUT2D eigenvalue weighted by atomic mass is 35.5. The SMILES string of the molecule is CCNc1ccc(C(C)Cc2ccc(OCCN3CCNCC3c3cccc(C(F)(F)F)c3)cc2)c(Cl)c1O.Cl.Cl.Cl. The second-order valence-electron chi connectivity index (χ2n) is 9.87. The minimum atomic E-state index is -4.36. The normalized spacial score (nSPS) is 15.9. The first kappa shape index (κ1) is 38.0. The zero-order chi connectivity index (χ0) is 28.0. The van der Waals surface area contributed by atoms with E-state index in [0.717, 1.165) is 42.5 Å². The van der Waals surface area contributed by atoms with Crippen molar-refractivity contribution in [1.82, 2.24) is 10.2 Å². The molecule has 42 heavy (non-hydrogen) atoms. The van der Waals surface area contributed by atoms with Crippen molar-refractivity contribution in [3.05, 3.63) is 87.9 Å². The summed E-state index contributed by atoms with van der Waals surface area (Å²) in [7, 11) is 0. The molecule has 0 bridgehead atoms. The molecule has 1 aliphatic rings. The molecule has 1 saturated heterocycles. The third kappa shape index (κ3) is 9.73. The highest BCUT2D eigenvalue weighted by molar-refractivity contribution is 6.33. The number of piperazine rings is 1. The van der Waals surface area contributed by atoms with Gasteiger partial charge in [0.25, 0.3) is 0 Å². The van der Waals surface area contributed by atoms with Crippen LogP contribution in [0.2, 0.25) is 5.02 Å². The van der Waals surface area contributed by atoms with Crippen LogP contribution in [-0.2, 0) is 12.6 Å². The summed E-state index contributed by atoms with van der Waals surface area (Å²) in [5.41, 5.74) is 2.67. The van der Waals surface area contributed by atoms with Gasteiger partial charge in [0.2, 0.25) is 0 Å². The van der Waals surface area contributed by atoms with Crippen molar-refractivity contribution >= 4 is 54.5 Å². The van der Waals surface area contributed by atoms with Crippen LogP contribution in [0.25, 0.3) is 0 Å². The molecule has 2 unspecified atom stereocenters. The standard InChI is InChI=1S/C30H35ClF3N3O2.3ClH/c1-3-36-26-12-11-25(28(31)29(26)38)20(2)17-21-7-9-24(10-8-21)39-16-15-37-14-13-35-19-27(37)22-5-4-6-23(18-22)30(32,33)34;;;/h4-12,18,20,27,35-36,38H,3,13-17,19H2,1-2H3;3*1H. The molecule has 3 aromatic carbocycles. The van der Waals surface area contributed by atoms with Crippen LogP contribution in [0.15, 0.2) is 60.7 Å². The minimum Gasteiger partial charge on any atom is -0.504 e. The molecule has 1 heterocycles. The Morgan fingerprint density at radius 3 is 2.48 bits per heavy atom. The van der Waals surface area contributed by atoms with Gasteiger partial charge in [-0.1, -0.05) is 48.9 Å². The number of ether oxygens (including phenoxy) is 1. The molecule has 1 aliphatic heterocycles. The lowest BCUT2D eigenvalue weighted by Gasteiger charge is -2.36. The Morgan fingerprint density at radius 1 is 1.10 bits per heavy atom. The van der Waals surface area contributed by atoms with Crippen molar-refractivity contribution < 1.29 is 23.0 Å². The molecule has 4 rings (SSSR count). The van der Waals surface area contributed by atoms with E-state index >= 15 is 0 Å². The summed E-state index contributed by atoms with van der Waals surface area (Å²) in [6.07, 6.45) is -3.61. The number of phenols is 1. The number of hydrogen-bond acceptors (Lipinski definition) is 5. The topological polar surface area (TPSA) is 56.8 Å². The van der Waals surface area contributed by atoms with Gasteiger partial charge in [-0.15, -0.1) is 37.2 Å². The summed E-state index contributed by atoms with van der Waals surface area (Å²) in [4.78, 5) is 2.17. The molecule has 0 aliphatic carbocycles. The van der Waals surface area contributed by atoms with Crippen molar-refractivity contribution in [3.63, 3.8) is 0 Å². The maximum absolute atomic E-state index is 13.2. The van der Waals surface area contributed by atoms with Gasteiger partial charge in [-0.3, -0.25) is 4.90 Å². The summed E-state index contributed by atoms with van der Waals surface area (Å²) in [6.45, 7) is 7.86. The molecular weight excluding hydrogens is 633 g/mol. The highest BCUT2D eigenvalue weighted by Crippen LogP contribution is 2.39. The van der Waals surface area contributed by atoms with Crippen LogP contribution in [-0.4, -0.2) is 49.3 Å². The van der Waals surface area contributed by atoms with Crippen LogP contribution in [0.5, 0.6) is 11.5 Å². The zero-order valence-electron chi connectivity index (χ0n) is 23.4. The summed E-state index contributed by atoms with van der Waals surface area (Å²) < 4.78 is 45.6. The van der Waals surface area contributed by atoms with Gasteiger partial charge in [-0.25, -0.2) is 0 Å². The van der Waals surface area contributed by atoms with Crippen LogP contribution in [0, 0.1) is 0 Å². The third-order valence-corrected chi connectivity index (χ3v) is 7.51. The van der Waals surface area contributed by atoms with Crippen LogP contribution in [0.1, 0.15) is 48.1 Å². The van der Waals surface area contributed by atoms with E-state index in [9.17, 15) is 18.3 Å². The monoisotopic (exact) mass is 669 g/mol. The number of halogens is 7. The summed E-state index contributed by atoms with van der Waals surface area (Å²) in [6, 6.07) is 17.1. The van der Waals surface area contributed by atoms with Gasteiger partial charge in [0.15, 0.2) is 5.75 Å². The fourth-order valence-electron chi connectivity index (χ4n) is 5.02. The van der Waals surface area contributed by atoms with Crippen LogP contribution in [0.3, 0.4) is 0 Å². The number of nitrogens with one attached hydrogen (secondary N) is 2. The predicted molar refractivity (Wildman–Crippen MR) is 172 cm³/mol. The second kappa shape index (κ2) is 17.3. The number of hydrogen-bond donors (Lipinski definition) is 3. The van der Waals surface area contributed by atoms with Gasteiger partial charge in [0, 0.05) is 38.8 Å². The van der Waals surface area contributed by atoms with Crippen LogP contribution in [0.4, 0.5) is 18.9 Å². The zero-order valence-corrected chi connectivity index (χ0v) is 26.6. The van der Waals surface area contributed by atoms with Crippen molar-refractivity contribution in [2.75, 3.05) is 44.6 Å². The number of rotatable bonds is 10. The smallest absolute Gasteiger partial charge is 0.416 e. The van der Waals surface area contributed by atoms with E-state index in [4.69, 9.17) is 16.3 Å². The summed E-state index contributed by atoms with van der Waals surface area (Å²) >= 11 is 6.45. The Kier molecular flexibility index (Phi) is 15.6. The lowest BCUT2D eigenvalue weighted by molar-refractivity contribution is -0.137. The minimum absolute atomic E-state index is 0. The fraction of sp³-hybridized carbons (Fsp3) is 0.400. The average Bonchev–Trinajstić information content (AvgIpc) is 2.92. The largest absolute Gasteiger partial charge is 0.504 e. The molecule has 0 radical (unpaired) electrons. The maximum atomic E-state index is 13.2. The lowest BCUT2D eigenvalue weighted by atomic mass is 9.93. The Bertz CT molecular complexity index is 1250. The Labute approximate surface area is 269 Å². The van der Waals surface area contributed by atoms with Gasteiger partial charge >= 0.3 is 6.18 Å². The molecule has 3 N–H and O–H groups in total. The predicted octanol–water partition coefficient (Wildman–Crippen LogP) is 8.13. The Hall–Kier alpha value is -2.07. The summed E-state index contributed by atoms with van der Waals surface area (Å²) in [5.74, 6) is 0.917. The van der Waals surface area contributed by atoms with E-state index in [0.29, 0.717) is 42.5 Å². The Morgan fingerprint density at radius 2 is 1.81 bits per heavy atom. The van der Waals surface area contributed by atoms with E-state index in [-0.39, 0.29) is 54.9 Å². The van der Waals surface area contributed by atoms with Gasteiger partial charge in [0.05, 0.1) is 16.3 Å². The fourth-order valence-corrected chi connectivity index (χ4v) is 5.38. The molecule has 0 spiro atoms. The molecule has 234 valence electrons. The van der Waals surface area contributed by atoms with Gasteiger partial charge in [-0.05, 0) is 66.3 Å². The van der Waals surface area contributed by atoms with Gasteiger partial charge in [-0.2, -0.15) is 13.2 Å². The van der Waals surface area contributed by atoms with E-state index < -0.39 is 11.7 Å². The molecule has 12 heteroatoms. The highest BCUT2D eigenvalue weighted by Gasteiger charge is 2.32. The average molecular weight is 671 g/mol. The molecule has 5 nitrogen and oxygen atoms in total. The van der Waals surface area contributed by atoms with E-state index in [2.05, 4.69) is 22.5 Å². The molecule has 0 saturated carbocycles. The van der Waals surface area contributed by atoms with Crippen LogP contribution >= 0.6 is 48.8 Å². The molecular formula is C30H38Cl4F3N3O2. The number of anilines is 1. The number of alkyl halides is 3. The van der Waals surface area contributed by atoms with Crippen molar-refractivity contribution in [1.29, 1.82) is 0 Å². The number of nitrogens with zero attached hydrogens (tertiary/aromatic N) is 1.